The van der Waals surface area contributed by atoms with E-state index in [1.54, 1.807) is 12.1 Å². The quantitative estimate of drug-likeness (QED) is 0.766. The fourth-order valence-corrected chi connectivity index (χ4v) is 2.75. The zero-order valence-corrected chi connectivity index (χ0v) is 13.3. The lowest BCUT2D eigenvalue weighted by Gasteiger charge is -2.21. The first-order chi connectivity index (χ1) is 11.0. The predicted octanol–water partition coefficient (Wildman–Crippen LogP) is 4.36. The Morgan fingerprint density at radius 3 is 2.87 bits per heavy atom. The molecule has 0 fully saturated rings. The number of benzene rings is 2. The van der Waals surface area contributed by atoms with Crippen molar-refractivity contribution in [3.63, 3.8) is 0 Å². The Kier molecular flexibility index (Phi) is 4.71. The second-order valence-electron chi connectivity index (χ2n) is 4.86. The normalized spacial score (nSPS) is 13.2. The lowest BCUT2D eigenvalue weighted by Crippen LogP contribution is -2.14. The first-order valence-electron chi connectivity index (χ1n) is 6.68. The van der Waals surface area contributed by atoms with E-state index in [-0.39, 0.29) is 24.0 Å². The molecule has 0 saturated heterocycles. The second-order valence-corrected chi connectivity index (χ2v) is 5.71. The summed E-state index contributed by atoms with van der Waals surface area (Å²) in [5.41, 5.74) is 1.50. The first-order valence-corrected chi connectivity index (χ1v) is 7.44. The van der Waals surface area contributed by atoms with E-state index < -0.39 is 11.8 Å². The average molecular weight is 357 g/mol. The number of ether oxygens (including phenoxy) is 3. The Balaban J connectivity index is 1.78. The maximum Gasteiger partial charge on any atom is 0.339 e. The molecule has 3 rings (SSSR count). The highest BCUT2D eigenvalue weighted by Crippen LogP contribution is 2.32. The molecule has 2 aromatic rings. The third-order valence-electron chi connectivity index (χ3n) is 3.26. The monoisotopic (exact) mass is 356 g/mol. The third kappa shape index (κ3) is 3.58. The van der Waals surface area contributed by atoms with Crippen molar-refractivity contribution in [2.24, 2.45) is 0 Å². The molecule has 1 aliphatic heterocycles. The van der Waals surface area contributed by atoms with Crippen LogP contribution in [0.4, 0.5) is 4.39 Å². The average Bonchev–Trinajstić information content (AvgIpc) is 2.52. The molecule has 1 aliphatic rings. The van der Waals surface area contributed by atoms with Gasteiger partial charge in [-0.05, 0) is 30.3 Å². The van der Waals surface area contributed by atoms with Crippen LogP contribution < -0.4 is 4.74 Å². The number of carbonyl (C=O) groups excluding carboxylic acids is 1. The van der Waals surface area contributed by atoms with Crippen LogP contribution in [0, 0.1) is 5.82 Å². The third-order valence-corrected chi connectivity index (χ3v) is 3.79. The van der Waals surface area contributed by atoms with Gasteiger partial charge in [-0.2, -0.15) is 0 Å². The lowest BCUT2D eigenvalue weighted by molar-refractivity contribution is -0.0180. The molecule has 0 spiro atoms. The second kappa shape index (κ2) is 6.74. The summed E-state index contributed by atoms with van der Waals surface area (Å²) < 4.78 is 28.9. The molecular weight excluding hydrogens is 346 g/mol. The van der Waals surface area contributed by atoms with Crippen molar-refractivity contribution < 1.29 is 23.4 Å². The van der Waals surface area contributed by atoms with Crippen molar-refractivity contribution in [1.82, 2.24) is 0 Å². The van der Waals surface area contributed by atoms with Crippen LogP contribution in [-0.4, -0.2) is 12.8 Å². The summed E-state index contributed by atoms with van der Waals surface area (Å²) in [4.78, 5) is 12.1. The van der Waals surface area contributed by atoms with E-state index in [4.69, 9.17) is 37.4 Å². The van der Waals surface area contributed by atoms with Gasteiger partial charge in [-0.1, -0.05) is 23.2 Å². The van der Waals surface area contributed by atoms with Gasteiger partial charge in [-0.15, -0.1) is 0 Å². The van der Waals surface area contributed by atoms with Crippen molar-refractivity contribution >= 4 is 29.2 Å². The Morgan fingerprint density at radius 1 is 1.26 bits per heavy atom. The molecule has 0 aromatic heterocycles. The Morgan fingerprint density at radius 2 is 2.09 bits per heavy atom. The fourth-order valence-electron chi connectivity index (χ4n) is 2.24. The lowest BCUT2D eigenvalue weighted by atomic mass is 10.1. The number of halogens is 3. The zero-order chi connectivity index (χ0) is 16.4. The van der Waals surface area contributed by atoms with Gasteiger partial charge in [-0.3, -0.25) is 0 Å². The molecule has 2 aromatic carbocycles. The molecule has 7 heteroatoms. The number of hydrogen-bond donors (Lipinski definition) is 0. The van der Waals surface area contributed by atoms with Gasteiger partial charge < -0.3 is 14.2 Å². The maximum absolute atomic E-state index is 13.0. The van der Waals surface area contributed by atoms with Gasteiger partial charge in [0.1, 0.15) is 18.2 Å². The summed E-state index contributed by atoms with van der Waals surface area (Å²) in [6.07, 6.45) is 0. The molecule has 0 radical (unpaired) electrons. The van der Waals surface area contributed by atoms with Crippen LogP contribution in [0.5, 0.6) is 5.75 Å². The van der Waals surface area contributed by atoms with Crippen LogP contribution in [0.2, 0.25) is 10.0 Å². The number of fused-ring (bicyclic) bond motifs is 1. The summed E-state index contributed by atoms with van der Waals surface area (Å²) in [7, 11) is 0. The molecule has 0 saturated carbocycles. The van der Waals surface area contributed by atoms with E-state index in [9.17, 15) is 9.18 Å². The van der Waals surface area contributed by atoms with Gasteiger partial charge in [0, 0.05) is 16.1 Å². The van der Waals surface area contributed by atoms with E-state index in [1.165, 1.54) is 6.07 Å². The minimum absolute atomic E-state index is 0.00669. The van der Waals surface area contributed by atoms with Gasteiger partial charge in [0.2, 0.25) is 0 Å². The van der Waals surface area contributed by atoms with Crippen LogP contribution in [0.1, 0.15) is 21.5 Å². The number of carbonyl (C=O) groups is 1. The molecule has 120 valence electrons. The van der Waals surface area contributed by atoms with E-state index in [2.05, 4.69) is 0 Å². The summed E-state index contributed by atoms with van der Waals surface area (Å²) in [5, 5.41) is 0.483. The van der Waals surface area contributed by atoms with Gasteiger partial charge in [0.05, 0.1) is 17.2 Å². The molecule has 0 unspecified atom stereocenters. The highest BCUT2D eigenvalue weighted by atomic mass is 35.5. The Bertz CT molecular complexity index is 764. The maximum atomic E-state index is 13.0. The van der Waals surface area contributed by atoms with E-state index in [0.29, 0.717) is 22.9 Å². The standard InChI is InChI=1S/C16H11Cl2FO4/c17-11-3-9-6-21-8-23-15(9)10(4-11)7-22-16(20)13-2-1-12(19)5-14(13)18/h1-5H,6-8H2. The number of hydrogen-bond acceptors (Lipinski definition) is 4. The molecular formula is C16H11Cl2FO4. The van der Waals surface area contributed by atoms with Crippen LogP contribution in [0.3, 0.4) is 0 Å². The summed E-state index contributed by atoms with van der Waals surface area (Å²) in [6.45, 7) is 0.454. The van der Waals surface area contributed by atoms with Crippen LogP contribution >= 0.6 is 23.2 Å². The highest BCUT2D eigenvalue weighted by molar-refractivity contribution is 6.33. The molecule has 4 nitrogen and oxygen atoms in total. The first kappa shape index (κ1) is 16.1. The van der Waals surface area contributed by atoms with Gasteiger partial charge in [0.15, 0.2) is 6.79 Å². The smallest absolute Gasteiger partial charge is 0.339 e. The van der Waals surface area contributed by atoms with Crippen molar-refractivity contribution in [2.45, 2.75) is 13.2 Å². The summed E-state index contributed by atoms with van der Waals surface area (Å²) >= 11 is 11.9. The number of esters is 1. The molecule has 0 atom stereocenters. The largest absolute Gasteiger partial charge is 0.467 e. The van der Waals surface area contributed by atoms with Gasteiger partial charge >= 0.3 is 5.97 Å². The number of rotatable bonds is 3. The highest BCUT2D eigenvalue weighted by Gasteiger charge is 2.19. The molecule has 0 bridgehead atoms. The van der Waals surface area contributed by atoms with E-state index >= 15 is 0 Å². The molecule has 0 aliphatic carbocycles. The minimum Gasteiger partial charge on any atom is -0.467 e. The van der Waals surface area contributed by atoms with E-state index in [0.717, 1.165) is 17.7 Å². The van der Waals surface area contributed by atoms with Gasteiger partial charge in [-0.25, -0.2) is 9.18 Å². The van der Waals surface area contributed by atoms with Crippen LogP contribution in [-0.2, 0) is 22.7 Å². The van der Waals surface area contributed by atoms with Crippen molar-refractivity contribution in [2.75, 3.05) is 6.79 Å². The van der Waals surface area contributed by atoms with Crippen LogP contribution in [0.15, 0.2) is 30.3 Å². The molecule has 23 heavy (non-hydrogen) atoms. The van der Waals surface area contributed by atoms with Crippen molar-refractivity contribution in [3.05, 3.63) is 62.9 Å². The van der Waals surface area contributed by atoms with Crippen molar-refractivity contribution in [1.29, 1.82) is 0 Å². The van der Waals surface area contributed by atoms with Gasteiger partial charge in [0.25, 0.3) is 0 Å². The summed E-state index contributed by atoms with van der Waals surface area (Å²) in [5.74, 6) is -0.585. The SMILES string of the molecule is O=C(OCc1cc(Cl)cc2c1OCOC2)c1ccc(F)cc1Cl. The molecule has 0 amide bonds. The van der Waals surface area contributed by atoms with Crippen molar-refractivity contribution in [3.8, 4) is 5.75 Å². The Hall–Kier alpha value is -1.82. The molecule has 0 N–H and O–H groups in total. The van der Waals surface area contributed by atoms with E-state index in [1.807, 2.05) is 0 Å². The van der Waals surface area contributed by atoms with Crippen LogP contribution in [0.25, 0.3) is 0 Å². The molecule has 1 heterocycles. The zero-order valence-electron chi connectivity index (χ0n) is 11.8. The Labute approximate surface area is 141 Å². The predicted molar refractivity (Wildman–Crippen MR) is 82.3 cm³/mol. The summed E-state index contributed by atoms with van der Waals surface area (Å²) in [6, 6.07) is 6.87. The minimum atomic E-state index is -0.657. The topological polar surface area (TPSA) is 44.8 Å². The fraction of sp³-hybridized carbons (Fsp3) is 0.188.